The van der Waals surface area contributed by atoms with E-state index in [1.807, 2.05) is 32.0 Å². The molecule has 0 aliphatic carbocycles. The van der Waals surface area contributed by atoms with Crippen LogP contribution in [0.4, 0.5) is 11.4 Å². The van der Waals surface area contributed by atoms with Crippen LogP contribution in [0.3, 0.4) is 0 Å². The number of anilines is 2. The summed E-state index contributed by atoms with van der Waals surface area (Å²) in [6, 6.07) is 20.7. The van der Waals surface area contributed by atoms with Crippen molar-refractivity contribution < 1.29 is 17.9 Å². The van der Waals surface area contributed by atoms with Gasteiger partial charge in [0.2, 0.25) is 0 Å². The van der Waals surface area contributed by atoms with Crippen molar-refractivity contribution in [2.45, 2.75) is 24.8 Å². The Balaban J connectivity index is 1.67. The number of benzene rings is 3. The first-order valence-electron chi connectivity index (χ1n) is 9.57. The van der Waals surface area contributed by atoms with Crippen molar-refractivity contribution in [1.82, 2.24) is 0 Å². The quantitative estimate of drug-likeness (QED) is 0.692. The van der Waals surface area contributed by atoms with Crippen molar-refractivity contribution in [1.29, 1.82) is 0 Å². The molecule has 1 aliphatic heterocycles. The molecule has 3 aromatic carbocycles. The predicted molar refractivity (Wildman–Crippen MR) is 116 cm³/mol. The van der Waals surface area contributed by atoms with Gasteiger partial charge in [-0.2, -0.15) is 0 Å². The second-order valence-electron chi connectivity index (χ2n) is 7.29. The normalized spacial score (nSPS) is 15.8. The highest BCUT2D eigenvalue weighted by molar-refractivity contribution is 7.92. The number of amides is 1. The van der Waals surface area contributed by atoms with Gasteiger partial charge in [-0.15, -0.1) is 0 Å². The molecule has 7 heteroatoms. The molecule has 1 N–H and O–H groups in total. The van der Waals surface area contributed by atoms with Gasteiger partial charge in [-0.3, -0.25) is 9.10 Å². The number of sulfonamides is 1. The smallest absolute Gasteiger partial charge is 0.267 e. The van der Waals surface area contributed by atoms with E-state index in [-0.39, 0.29) is 11.4 Å². The lowest BCUT2D eigenvalue weighted by atomic mass is 10.1. The maximum atomic E-state index is 13.3. The second kappa shape index (κ2) is 7.84. The first-order valence-corrected chi connectivity index (χ1v) is 11.0. The lowest BCUT2D eigenvalue weighted by Crippen LogP contribution is -2.48. The zero-order valence-electron chi connectivity index (χ0n) is 16.7. The molecule has 0 saturated carbocycles. The topological polar surface area (TPSA) is 75.7 Å². The van der Waals surface area contributed by atoms with Crippen LogP contribution in [0, 0.1) is 13.8 Å². The fourth-order valence-electron chi connectivity index (χ4n) is 3.56. The number of carbonyl (C=O) groups is 1. The van der Waals surface area contributed by atoms with E-state index in [0.29, 0.717) is 17.1 Å². The van der Waals surface area contributed by atoms with Crippen LogP contribution < -0.4 is 14.4 Å². The molecule has 154 valence electrons. The number of para-hydroxylation sites is 2. The minimum absolute atomic E-state index is 0.120. The fraction of sp³-hybridized carbons (Fsp3) is 0.174. The van der Waals surface area contributed by atoms with Crippen molar-refractivity contribution in [3.63, 3.8) is 0 Å². The van der Waals surface area contributed by atoms with E-state index in [1.54, 1.807) is 42.5 Å². The summed E-state index contributed by atoms with van der Waals surface area (Å²) in [5.74, 6) is -0.0495. The van der Waals surface area contributed by atoms with E-state index in [9.17, 15) is 13.2 Å². The van der Waals surface area contributed by atoms with Gasteiger partial charge in [-0.25, -0.2) is 8.42 Å². The molecule has 4 rings (SSSR count). The Morgan fingerprint density at radius 3 is 2.30 bits per heavy atom. The van der Waals surface area contributed by atoms with E-state index in [1.165, 1.54) is 16.4 Å². The van der Waals surface area contributed by atoms with Crippen molar-refractivity contribution in [2.24, 2.45) is 0 Å². The maximum absolute atomic E-state index is 13.3. The van der Waals surface area contributed by atoms with E-state index < -0.39 is 22.0 Å². The highest BCUT2D eigenvalue weighted by Gasteiger charge is 2.37. The number of fused-ring (bicyclic) bond motifs is 1. The van der Waals surface area contributed by atoms with Crippen molar-refractivity contribution in [3.05, 3.63) is 83.9 Å². The Morgan fingerprint density at radius 2 is 1.60 bits per heavy atom. The van der Waals surface area contributed by atoms with Crippen LogP contribution in [0.5, 0.6) is 5.75 Å². The molecular weight excluding hydrogens is 400 g/mol. The molecule has 30 heavy (non-hydrogen) atoms. The van der Waals surface area contributed by atoms with Gasteiger partial charge >= 0.3 is 0 Å². The molecule has 6 nitrogen and oxygen atoms in total. The molecule has 0 bridgehead atoms. The molecule has 0 spiro atoms. The third kappa shape index (κ3) is 3.89. The average molecular weight is 423 g/mol. The number of ether oxygens (including phenoxy) is 1. The van der Waals surface area contributed by atoms with Gasteiger partial charge in [-0.05, 0) is 61.4 Å². The van der Waals surface area contributed by atoms with Gasteiger partial charge in [0, 0.05) is 5.69 Å². The van der Waals surface area contributed by atoms with Crippen molar-refractivity contribution in [2.75, 3.05) is 16.2 Å². The molecule has 3 aromatic rings. The molecule has 0 fully saturated rings. The number of rotatable bonds is 4. The summed E-state index contributed by atoms with van der Waals surface area (Å²) in [6.07, 6.45) is -0.987. The van der Waals surface area contributed by atoms with Crippen LogP contribution in [0.15, 0.2) is 77.7 Å². The largest absolute Gasteiger partial charge is 0.476 e. The molecule has 0 unspecified atom stereocenters. The monoisotopic (exact) mass is 422 g/mol. The van der Waals surface area contributed by atoms with Gasteiger partial charge < -0.3 is 10.1 Å². The summed E-state index contributed by atoms with van der Waals surface area (Å²) in [4.78, 5) is 13.1. The third-order valence-corrected chi connectivity index (χ3v) is 6.64. The second-order valence-corrected chi connectivity index (χ2v) is 9.15. The molecular formula is C23H22N2O4S. The molecule has 1 amide bonds. The van der Waals surface area contributed by atoms with Crippen molar-refractivity contribution in [3.8, 4) is 5.75 Å². The number of hydrogen-bond donors (Lipinski definition) is 1. The number of nitrogens with zero attached hydrogens (tertiary/aromatic N) is 1. The SMILES string of the molecule is Cc1cc(C)cc(NC(=O)[C@H]2CN(S(=O)(=O)c3ccccc3)c3ccccc3O2)c1. The van der Waals surface area contributed by atoms with Gasteiger partial charge in [-0.1, -0.05) is 36.4 Å². The molecule has 1 aliphatic rings. The number of nitrogens with one attached hydrogen (secondary N) is 1. The predicted octanol–water partition coefficient (Wildman–Crippen LogP) is 3.90. The van der Waals surface area contributed by atoms with Crippen LogP contribution in [-0.4, -0.2) is 27.0 Å². The third-order valence-electron chi connectivity index (χ3n) is 4.85. The molecule has 0 radical (unpaired) electrons. The van der Waals surface area contributed by atoms with E-state index in [2.05, 4.69) is 5.32 Å². The maximum Gasteiger partial charge on any atom is 0.267 e. The first-order chi connectivity index (χ1) is 14.3. The van der Waals surface area contributed by atoms with Crippen LogP contribution in [0.2, 0.25) is 0 Å². The lowest BCUT2D eigenvalue weighted by molar-refractivity contribution is -0.122. The molecule has 0 aromatic heterocycles. The highest BCUT2D eigenvalue weighted by Crippen LogP contribution is 2.37. The Kier molecular flexibility index (Phi) is 5.22. The van der Waals surface area contributed by atoms with Crippen LogP contribution in [-0.2, 0) is 14.8 Å². The summed E-state index contributed by atoms with van der Waals surface area (Å²) in [6.45, 7) is 3.78. The van der Waals surface area contributed by atoms with E-state index in [4.69, 9.17) is 4.74 Å². The Bertz CT molecular complexity index is 1170. The zero-order valence-corrected chi connectivity index (χ0v) is 17.5. The minimum Gasteiger partial charge on any atom is -0.476 e. The summed E-state index contributed by atoms with van der Waals surface area (Å²) < 4.78 is 33.7. The Labute approximate surface area is 176 Å². The number of aryl methyl sites for hydroxylation is 2. The molecule has 1 atom stereocenters. The number of carbonyl (C=O) groups excluding carboxylic acids is 1. The lowest BCUT2D eigenvalue weighted by Gasteiger charge is -2.34. The Morgan fingerprint density at radius 1 is 0.967 bits per heavy atom. The molecule has 0 saturated heterocycles. The Hall–Kier alpha value is -3.32. The van der Waals surface area contributed by atoms with Gasteiger partial charge in [0.25, 0.3) is 15.9 Å². The highest BCUT2D eigenvalue weighted by atomic mass is 32.2. The zero-order chi connectivity index (χ0) is 21.3. The van der Waals surface area contributed by atoms with E-state index in [0.717, 1.165) is 11.1 Å². The number of hydrogen-bond acceptors (Lipinski definition) is 4. The van der Waals surface area contributed by atoms with Crippen molar-refractivity contribution >= 4 is 27.3 Å². The van der Waals surface area contributed by atoms with Crippen LogP contribution in [0.1, 0.15) is 11.1 Å². The van der Waals surface area contributed by atoms with Gasteiger partial charge in [0.15, 0.2) is 6.10 Å². The van der Waals surface area contributed by atoms with E-state index >= 15 is 0 Å². The van der Waals surface area contributed by atoms with Crippen LogP contribution in [0.25, 0.3) is 0 Å². The summed E-state index contributed by atoms with van der Waals surface area (Å²) in [5.41, 5.74) is 3.11. The summed E-state index contributed by atoms with van der Waals surface area (Å²) in [7, 11) is -3.85. The fourth-order valence-corrected chi connectivity index (χ4v) is 5.05. The standard InChI is InChI=1S/C23H22N2O4S/c1-16-12-17(2)14-18(13-16)24-23(26)22-15-25(20-10-6-7-11-21(20)29-22)30(27,28)19-8-4-3-5-9-19/h3-14,22H,15H2,1-2H3,(H,24,26)/t22-/m1/s1. The molecule has 1 heterocycles. The first kappa shape index (κ1) is 20.0. The summed E-state index contributed by atoms with van der Waals surface area (Å²) >= 11 is 0. The van der Waals surface area contributed by atoms with Gasteiger partial charge in [0.05, 0.1) is 17.1 Å². The van der Waals surface area contributed by atoms with Crippen LogP contribution >= 0.6 is 0 Å². The van der Waals surface area contributed by atoms with Gasteiger partial charge in [0.1, 0.15) is 5.75 Å². The average Bonchev–Trinajstić information content (AvgIpc) is 2.72. The summed E-state index contributed by atoms with van der Waals surface area (Å²) in [5, 5.41) is 2.85. The minimum atomic E-state index is -3.85.